The zero-order valence-corrected chi connectivity index (χ0v) is 8.63. The normalized spacial score (nSPS) is 12.9. The summed E-state index contributed by atoms with van der Waals surface area (Å²) in [7, 11) is 0. The summed E-state index contributed by atoms with van der Waals surface area (Å²) in [6.45, 7) is 5.93. The molecule has 1 aromatic rings. The van der Waals surface area contributed by atoms with Crippen molar-refractivity contribution in [3.8, 4) is 0 Å². The molecule has 1 atom stereocenters. The molecule has 13 heavy (non-hydrogen) atoms. The lowest BCUT2D eigenvalue weighted by molar-refractivity contribution is 0.105. The molecule has 0 aliphatic carbocycles. The van der Waals surface area contributed by atoms with Crippen LogP contribution in [0.15, 0.2) is 18.2 Å². The first kappa shape index (κ1) is 10.3. The van der Waals surface area contributed by atoms with E-state index >= 15 is 0 Å². The molecule has 0 saturated carbocycles. The smallest absolute Gasteiger partial charge is 0.116 e. The molecule has 71 valence electrons. The van der Waals surface area contributed by atoms with E-state index in [4.69, 9.17) is 0 Å². The predicted molar refractivity (Wildman–Crippen MR) is 54.3 cm³/mol. The highest BCUT2D eigenvalue weighted by Crippen LogP contribution is 2.23. The summed E-state index contributed by atoms with van der Waals surface area (Å²) < 4.78 is 0. The number of aryl methyl sites for hydroxylation is 2. The number of benzene rings is 1. The van der Waals surface area contributed by atoms with E-state index < -0.39 is 6.10 Å². The van der Waals surface area contributed by atoms with Crippen LogP contribution in [0.3, 0.4) is 0 Å². The lowest BCUT2D eigenvalue weighted by Crippen LogP contribution is -2.01. The third kappa shape index (κ3) is 2.10. The molecule has 0 bridgehead atoms. The van der Waals surface area contributed by atoms with E-state index in [1.165, 1.54) is 11.1 Å². The summed E-state index contributed by atoms with van der Waals surface area (Å²) in [5, 5.41) is 11.5. The van der Waals surface area contributed by atoms with Crippen LogP contribution >= 0.6 is 0 Å². The Morgan fingerprint density at radius 2 is 1.62 bits per heavy atom. The SMILES string of the molecule is CCc1cccc(CC)c1C(C)[O]. The van der Waals surface area contributed by atoms with Crippen LogP contribution in [0.1, 0.15) is 43.6 Å². The van der Waals surface area contributed by atoms with Crippen LogP contribution in [0.25, 0.3) is 0 Å². The first-order chi connectivity index (χ1) is 6.20. The fourth-order valence-corrected chi connectivity index (χ4v) is 1.80. The van der Waals surface area contributed by atoms with Gasteiger partial charge in [-0.1, -0.05) is 32.0 Å². The van der Waals surface area contributed by atoms with E-state index in [0.717, 1.165) is 18.4 Å². The van der Waals surface area contributed by atoms with Crippen molar-refractivity contribution in [3.05, 3.63) is 34.9 Å². The second kappa shape index (κ2) is 4.43. The summed E-state index contributed by atoms with van der Waals surface area (Å²) >= 11 is 0. The molecule has 1 rings (SSSR count). The van der Waals surface area contributed by atoms with Gasteiger partial charge in [0.2, 0.25) is 0 Å². The molecule has 0 aliphatic heterocycles. The van der Waals surface area contributed by atoms with Crippen molar-refractivity contribution in [2.45, 2.75) is 39.7 Å². The minimum absolute atomic E-state index is 0.592. The second-order valence-corrected chi connectivity index (χ2v) is 3.34. The number of hydrogen-bond donors (Lipinski definition) is 0. The minimum Gasteiger partial charge on any atom is -0.228 e. The van der Waals surface area contributed by atoms with Crippen molar-refractivity contribution < 1.29 is 5.11 Å². The Kier molecular flexibility index (Phi) is 3.49. The first-order valence-corrected chi connectivity index (χ1v) is 4.97. The van der Waals surface area contributed by atoms with Crippen LogP contribution in [0.4, 0.5) is 0 Å². The molecule has 1 nitrogen and oxygen atoms in total. The zero-order chi connectivity index (χ0) is 9.84. The summed E-state index contributed by atoms with van der Waals surface area (Å²) in [6, 6.07) is 6.16. The van der Waals surface area contributed by atoms with Gasteiger partial charge in [0.25, 0.3) is 0 Å². The third-order valence-corrected chi connectivity index (χ3v) is 2.46. The summed E-state index contributed by atoms with van der Waals surface area (Å²) in [6.07, 6.45) is 1.32. The average molecular weight is 177 g/mol. The van der Waals surface area contributed by atoms with Gasteiger partial charge in [0, 0.05) is 0 Å². The van der Waals surface area contributed by atoms with Crippen LogP contribution in [0, 0.1) is 0 Å². The maximum absolute atomic E-state index is 11.5. The van der Waals surface area contributed by atoms with Gasteiger partial charge in [0.15, 0.2) is 0 Å². The van der Waals surface area contributed by atoms with E-state index in [9.17, 15) is 5.11 Å². The van der Waals surface area contributed by atoms with Crippen LogP contribution in [0.5, 0.6) is 0 Å². The molecule has 0 aromatic heterocycles. The van der Waals surface area contributed by atoms with Gasteiger partial charge < -0.3 is 0 Å². The maximum atomic E-state index is 11.5. The summed E-state index contributed by atoms with van der Waals surface area (Å²) in [5.74, 6) is 0. The molecule has 0 fully saturated rings. The van der Waals surface area contributed by atoms with Crippen molar-refractivity contribution in [2.24, 2.45) is 0 Å². The maximum Gasteiger partial charge on any atom is 0.116 e. The van der Waals surface area contributed by atoms with Gasteiger partial charge in [-0.25, -0.2) is 5.11 Å². The largest absolute Gasteiger partial charge is 0.228 e. The summed E-state index contributed by atoms with van der Waals surface area (Å²) in [5.41, 5.74) is 3.44. The Labute approximate surface area is 80.4 Å². The molecule has 1 aromatic carbocycles. The topological polar surface area (TPSA) is 19.9 Å². The van der Waals surface area contributed by atoms with Gasteiger partial charge in [0.1, 0.15) is 6.10 Å². The lowest BCUT2D eigenvalue weighted by atomic mass is 9.94. The van der Waals surface area contributed by atoms with Gasteiger partial charge in [-0.15, -0.1) is 0 Å². The van der Waals surface area contributed by atoms with E-state index in [0.29, 0.717) is 0 Å². The molecule has 0 heterocycles. The van der Waals surface area contributed by atoms with Gasteiger partial charge in [-0.05, 0) is 36.5 Å². The quantitative estimate of drug-likeness (QED) is 0.675. The molecule has 1 heteroatoms. The summed E-state index contributed by atoms with van der Waals surface area (Å²) in [4.78, 5) is 0. The van der Waals surface area contributed by atoms with Gasteiger partial charge in [0.05, 0.1) is 0 Å². The van der Waals surface area contributed by atoms with Crippen LogP contribution in [-0.4, -0.2) is 0 Å². The highest BCUT2D eigenvalue weighted by molar-refractivity contribution is 5.36. The van der Waals surface area contributed by atoms with Gasteiger partial charge >= 0.3 is 0 Å². The Morgan fingerprint density at radius 3 is 1.92 bits per heavy atom. The second-order valence-electron chi connectivity index (χ2n) is 3.34. The van der Waals surface area contributed by atoms with Crippen molar-refractivity contribution in [3.63, 3.8) is 0 Å². The number of hydrogen-bond acceptors (Lipinski definition) is 0. The molecule has 1 radical (unpaired) electrons. The average Bonchev–Trinajstić information content (AvgIpc) is 2.16. The Balaban J connectivity index is 3.21. The monoisotopic (exact) mass is 177 g/mol. The molecule has 1 unspecified atom stereocenters. The fourth-order valence-electron chi connectivity index (χ4n) is 1.80. The molecular formula is C12H17O. The third-order valence-electron chi connectivity index (χ3n) is 2.46. The molecule has 0 N–H and O–H groups in total. The molecule has 0 aliphatic rings. The molecular weight excluding hydrogens is 160 g/mol. The molecule has 0 spiro atoms. The number of rotatable bonds is 3. The Morgan fingerprint density at radius 1 is 1.15 bits per heavy atom. The van der Waals surface area contributed by atoms with Crippen LogP contribution in [0.2, 0.25) is 0 Å². The molecule has 0 saturated heterocycles. The van der Waals surface area contributed by atoms with E-state index in [1.807, 2.05) is 6.07 Å². The minimum atomic E-state index is -0.592. The van der Waals surface area contributed by atoms with Crippen molar-refractivity contribution in [2.75, 3.05) is 0 Å². The van der Waals surface area contributed by atoms with E-state index in [-0.39, 0.29) is 0 Å². The lowest BCUT2D eigenvalue weighted by Gasteiger charge is -2.13. The Bertz CT molecular complexity index is 254. The van der Waals surface area contributed by atoms with Gasteiger partial charge in [-0.3, -0.25) is 0 Å². The van der Waals surface area contributed by atoms with Crippen molar-refractivity contribution in [1.82, 2.24) is 0 Å². The van der Waals surface area contributed by atoms with E-state index in [2.05, 4.69) is 26.0 Å². The fraction of sp³-hybridized carbons (Fsp3) is 0.500. The standard InChI is InChI=1S/C12H17O/c1-4-10-7-6-8-11(5-2)12(10)9(3)13/h6-9H,4-5H2,1-3H3. The highest BCUT2D eigenvalue weighted by atomic mass is 16.3. The zero-order valence-electron chi connectivity index (χ0n) is 8.63. The van der Waals surface area contributed by atoms with Crippen LogP contribution < -0.4 is 0 Å². The highest BCUT2D eigenvalue weighted by Gasteiger charge is 2.11. The van der Waals surface area contributed by atoms with Gasteiger partial charge in [-0.2, -0.15) is 0 Å². The van der Waals surface area contributed by atoms with Crippen LogP contribution in [-0.2, 0) is 17.9 Å². The first-order valence-electron chi connectivity index (χ1n) is 4.97. The molecule has 0 amide bonds. The van der Waals surface area contributed by atoms with Crippen molar-refractivity contribution in [1.29, 1.82) is 0 Å². The van der Waals surface area contributed by atoms with E-state index in [1.54, 1.807) is 6.92 Å². The Hall–Kier alpha value is -0.820. The predicted octanol–water partition coefficient (Wildman–Crippen LogP) is 3.30. The van der Waals surface area contributed by atoms with Crippen molar-refractivity contribution >= 4 is 0 Å².